The fourth-order valence-electron chi connectivity index (χ4n) is 0.776. The summed E-state index contributed by atoms with van der Waals surface area (Å²) in [6.45, 7) is 4.50. The largest absolute Gasteiger partial charge is 0.472 e. The minimum atomic E-state index is -3.75. The molecule has 0 aliphatic carbocycles. The van der Waals surface area contributed by atoms with Gasteiger partial charge in [0.25, 0.3) is 0 Å². The van der Waals surface area contributed by atoms with Gasteiger partial charge >= 0.3 is 7.82 Å². The zero-order valence-electron chi connectivity index (χ0n) is 8.36. The van der Waals surface area contributed by atoms with E-state index in [1.807, 2.05) is 6.92 Å². The van der Waals surface area contributed by atoms with Crippen LogP contribution in [0, 0.1) is 0 Å². The van der Waals surface area contributed by atoms with Gasteiger partial charge in [-0.1, -0.05) is 26.7 Å². The first-order valence-corrected chi connectivity index (χ1v) is 6.23. The average Bonchev–Trinajstić information content (AvgIpc) is 2.09. The topological polar surface area (TPSA) is 55.8 Å². The summed E-state index contributed by atoms with van der Waals surface area (Å²) in [7, 11) is -3.75. The summed E-state index contributed by atoms with van der Waals surface area (Å²) in [6, 6.07) is 0. The number of hydrogen-bond donors (Lipinski definition) is 1. The Kier molecular flexibility index (Phi) is 7.57. The number of rotatable bonds is 8. The van der Waals surface area contributed by atoms with Crippen LogP contribution in [0.25, 0.3) is 0 Å². The lowest BCUT2D eigenvalue weighted by Gasteiger charge is -2.10. The monoisotopic (exact) mass is 210 g/mol. The molecule has 1 N–H and O–H groups in total. The van der Waals surface area contributed by atoms with Crippen LogP contribution in [-0.4, -0.2) is 18.1 Å². The summed E-state index contributed by atoms with van der Waals surface area (Å²) in [5.41, 5.74) is 0. The average molecular weight is 210 g/mol. The molecular weight excluding hydrogens is 191 g/mol. The van der Waals surface area contributed by atoms with E-state index < -0.39 is 7.82 Å². The molecule has 0 heterocycles. The molecule has 0 rings (SSSR count). The third-order valence-electron chi connectivity index (χ3n) is 1.46. The summed E-state index contributed by atoms with van der Waals surface area (Å²) in [5, 5.41) is 0. The van der Waals surface area contributed by atoms with Crippen LogP contribution in [0.2, 0.25) is 0 Å². The van der Waals surface area contributed by atoms with Crippen molar-refractivity contribution in [2.45, 2.75) is 39.5 Å². The lowest BCUT2D eigenvalue weighted by Crippen LogP contribution is -1.97. The first-order chi connectivity index (χ1) is 6.12. The standard InChI is InChI=1S/C8H19O4P/c1-3-5-6-8-12-13(9,10)11-7-4-2/h3-8H2,1-2H3,(H,9,10). The van der Waals surface area contributed by atoms with Gasteiger partial charge in [0.05, 0.1) is 13.2 Å². The molecule has 4 nitrogen and oxygen atoms in total. The lowest BCUT2D eigenvalue weighted by atomic mass is 10.3. The van der Waals surface area contributed by atoms with Crippen molar-refractivity contribution in [3.05, 3.63) is 0 Å². The second-order valence-electron chi connectivity index (χ2n) is 2.84. The van der Waals surface area contributed by atoms with Crippen molar-refractivity contribution in [3.63, 3.8) is 0 Å². The Bertz CT molecular complexity index is 160. The Morgan fingerprint density at radius 2 is 1.69 bits per heavy atom. The van der Waals surface area contributed by atoms with Crippen LogP contribution in [0.5, 0.6) is 0 Å². The zero-order valence-corrected chi connectivity index (χ0v) is 9.26. The molecule has 0 radical (unpaired) electrons. The van der Waals surface area contributed by atoms with Gasteiger partial charge in [0, 0.05) is 0 Å². The fourth-order valence-corrected chi connectivity index (χ4v) is 1.62. The van der Waals surface area contributed by atoms with Gasteiger partial charge in [-0.05, 0) is 12.8 Å². The second kappa shape index (κ2) is 7.51. The molecule has 0 bridgehead atoms. The Hall–Kier alpha value is 0.110. The molecule has 0 aromatic rings. The van der Waals surface area contributed by atoms with Gasteiger partial charge in [0.2, 0.25) is 0 Å². The Morgan fingerprint density at radius 3 is 2.23 bits per heavy atom. The third kappa shape index (κ3) is 8.44. The highest BCUT2D eigenvalue weighted by molar-refractivity contribution is 7.47. The third-order valence-corrected chi connectivity index (χ3v) is 2.48. The van der Waals surface area contributed by atoms with Crippen molar-refractivity contribution in [2.75, 3.05) is 13.2 Å². The molecule has 0 amide bonds. The highest BCUT2D eigenvalue weighted by Crippen LogP contribution is 2.43. The van der Waals surface area contributed by atoms with Crippen molar-refractivity contribution < 1.29 is 18.5 Å². The predicted octanol–water partition coefficient (Wildman–Crippen LogP) is 2.72. The van der Waals surface area contributed by atoms with Gasteiger partial charge in [-0.2, -0.15) is 0 Å². The van der Waals surface area contributed by atoms with Gasteiger partial charge in [-0.25, -0.2) is 4.57 Å². The quantitative estimate of drug-likeness (QED) is 0.494. The van der Waals surface area contributed by atoms with Crippen molar-refractivity contribution in [1.29, 1.82) is 0 Å². The molecular formula is C8H19O4P. The van der Waals surface area contributed by atoms with Crippen LogP contribution >= 0.6 is 7.82 Å². The summed E-state index contributed by atoms with van der Waals surface area (Å²) < 4.78 is 20.4. The van der Waals surface area contributed by atoms with E-state index in [9.17, 15) is 4.57 Å². The Labute approximate surface area is 79.9 Å². The maximum absolute atomic E-state index is 11.0. The van der Waals surface area contributed by atoms with Gasteiger partial charge in [-0.3, -0.25) is 9.05 Å². The van der Waals surface area contributed by atoms with Gasteiger partial charge < -0.3 is 4.89 Å². The maximum atomic E-state index is 11.0. The summed E-state index contributed by atoms with van der Waals surface area (Å²) >= 11 is 0. The van der Waals surface area contributed by atoms with Crippen LogP contribution in [0.3, 0.4) is 0 Å². The van der Waals surface area contributed by atoms with Crippen LogP contribution in [0.4, 0.5) is 0 Å². The van der Waals surface area contributed by atoms with E-state index in [1.54, 1.807) is 0 Å². The summed E-state index contributed by atoms with van der Waals surface area (Å²) in [5.74, 6) is 0. The molecule has 5 heteroatoms. The zero-order chi connectivity index (χ0) is 10.2. The van der Waals surface area contributed by atoms with E-state index in [1.165, 1.54) is 0 Å². The fraction of sp³-hybridized carbons (Fsp3) is 1.00. The molecule has 80 valence electrons. The highest BCUT2D eigenvalue weighted by Gasteiger charge is 2.19. The van der Waals surface area contributed by atoms with E-state index in [4.69, 9.17) is 9.42 Å². The minimum absolute atomic E-state index is 0.265. The highest BCUT2D eigenvalue weighted by atomic mass is 31.2. The predicted molar refractivity (Wildman–Crippen MR) is 51.5 cm³/mol. The molecule has 1 atom stereocenters. The van der Waals surface area contributed by atoms with E-state index in [0.29, 0.717) is 13.0 Å². The van der Waals surface area contributed by atoms with Crippen molar-refractivity contribution in [3.8, 4) is 0 Å². The Morgan fingerprint density at radius 1 is 1.08 bits per heavy atom. The van der Waals surface area contributed by atoms with Gasteiger partial charge in [0.15, 0.2) is 0 Å². The van der Waals surface area contributed by atoms with E-state index in [-0.39, 0.29) is 6.61 Å². The molecule has 0 aliphatic rings. The van der Waals surface area contributed by atoms with Crippen LogP contribution < -0.4 is 0 Å². The minimum Gasteiger partial charge on any atom is -0.302 e. The van der Waals surface area contributed by atoms with Crippen LogP contribution in [0.15, 0.2) is 0 Å². The first kappa shape index (κ1) is 13.1. The molecule has 0 aromatic heterocycles. The Balaban J connectivity index is 3.45. The van der Waals surface area contributed by atoms with Crippen LogP contribution in [0.1, 0.15) is 39.5 Å². The first-order valence-electron chi connectivity index (χ1n) is 4.74. The summed E-state index contributed by atoms with van der Waals surface area (Å²) in [4.78, 5) is 9.06. The van der Waals surface area contributed by atoms with Crippen LogP contribution in [-0.2, 0) is 13.6 Å². The summed E-state index contributed by atoms with van der Waals surface area (Å²) in [6.07, 6.45) is 3.59. The normalized spacial score (nSPS) is 15.6. The number of phosphoric ester groups is 1. The lowest BCUT2D eigenvalue weighted by molar-refractivity contribution is 0.147. The molecule has 0 spiro atoms. The molecule has 0 aliphatic heterocycles. The van der Waals surface area contributed by atoms with Crippen molar-refractivity contribution in [2.24, 2.45) is 0 Å². The van der Waals surface area contributed by atoms with E-state index in [0.717, 1.165) is 19.3 Å². The van der Waals surface area contributed by atoms with E-state index >= 15 is 0 Å². The molecule has 0 saturated carbocycles. The smallest absolute Gasteiger partial charge is 0.302 e. The van der Waals surface area contributed by atoms with E-state index in [2.05, 4.69) is 11.4 Å². The second-order valence-corrected chi connectivity index (χ2v) is 4.30. The molecule has 13 heavy (non-hydrogen) atoms. The maximum Gasteiger partial charge on any atom is 0.472 e. The molecule has 0 fully saturated rings. The number of unbranched alkanes of at least 4 members (excludes halogenated alkanes) is 2. The molecule has 0 saturated heterocycles. The molecule has 0 aromatic carbocycles. The van der Waals surface area contributed by atoms with Crippen molar-refractivity contribution in [1.82, 2.24) is 0 Å². The number of phosphoric acid groups is 1. The van der Waals surface area contributed by atoms with Crippen molar-refractivity contribution >= 4 is 7.82 Å². The SMILES string of the molecule is CCCCCOP(=O)(O)OCCC. The number of hydrogen-bond acceptors (Lipinski definition) is 3. The van der Waals surface area contributed by atoms with Gasteiger partial charge in [0.1, 0.15) is 0 Å². The molecule has 1 unspecified atom stereocenters. The van der Waals surface area contributed by atoms with Gasteiger partial charge in [-0.15, -0.1) is 0 Å².